The van der Waals surface area contributed by atoms with Gasteiger partial charge in [-0.05, 0) is 49.6 Å². The van der Waals surface area contributed by atoms with Crippen LogP contribution < -0.4 is 11.1 Å². The van der Waals surface area contributed by atoms with Crippen LogP contribution in [0, 0.1) is 0 Å². The first-order valence-corrected chi connectivity index (χ1v) is 13.0. The molecule has 1 aliphatic rings. The number of aromatic nitrogens is 2. The third-order valence-electron chi connectivity index (χ3n) is 5.67. The van der Waals surface area contributed by atoms with Crippen LogP contribution >= 0.6 is 11.3 Å². The molecule has 0 aliphatic carbocycles. The Kier molecular flexibility index (Phi) is 5.77. The molecule has 0 unspecified atom stereocenters. The van der Waals surface area contributed by atoms with Gasteiger partial charge in [-0.1, -0.05) is 23.5 Å². The molecule has 172 valence electrons. The Hall–Kier alpha value is -3.02. The van der Waals surface area contributed by atoms with E-state index in [2.05, 4.69) is 10.3 Å². The molecule has 0 radical (unpaired) electrons. The van der Waals surface area contributed by atoms with Crippen molar-refractivity contribution in [3.63, 3.8) is 0 Å². The molecule has 1 aliphatic heterocycles. The van der Waals surface area contributed by atoms with Crippen LogP contribution in [0.3, 0.4) is 0 Å². The topological polar surface area (TPSA) is 115 Å². The first-order chi connectivity index (χ1) is 15.9. The standard InChI is InChI=1S/C22H22N4O5S2/c27-20(8-5-13-26-17-6-1-2-7-18(17)31-22(26)28)24-21-23-16-10-9-15(14-19(16)32-21)33(29,30)25-11-3-4-12-25/h1-2,6-7,9-10,14H,3-5,8,11-13H2,(H,23,24,27). The zero-order valence-electron chi connectivity index (χ0n) is 17.7. The van der Waals surface area contributed by atoms with E-state index in [0.717, 1.165) is 12.8 Å². The number of carbonyl (C=O) groups is 1. The van der Waals surface area contributed by atoms with Crippen LogP contribution in [-0.4, -0.2) is 41.3 Å². The molecule has 0 bridgehead atoms. The molecule has 3 heterocycles. The van der Waals surface area contributed by atoms with Crippen molar-refractivity contribution >= 4 is 53.7 Å². The van der Waals surface area contributed by atoms with Gasteiger partial charge in [0, 0.05) is 26.1 Å². The number of aryl methyl sites for hydroxylation is 1. The van der Waals surface area contributed by atoms with E-state index in [9.17, 15) is 18.0 Å². The fourth-order valence-electron chi connectivity index (χ4n) is 4.00. The average molecular weight is 487 g/mol. The van der Waals surface area contributed by atoms with E-state index >= 15 is 0 Å². The van der Waals surface area contributed by atoms with Crippen molar-refractivity contribution in [1.29, 1.82) is 0 Å². The van der Waals surface area contributed by atoms with Crippen LogP contribution in [0.5, 0.6) is 0 Å². The molecule has 2 aromatic carbocycles. The largest absolute Gasteiger partial charge is 0.419 e. The molecule has 5 rings (SSSR count). The molecule has 1 amide bonds. The summed E-state index contributed by atoms with van der Waals surface area (Å²) < 4.78 is 34.5. The summed E-state index contributed by atoms with van der Waals surface area (Å²) in [6.45, 7) is 1.46. The lowest BCUT2D eigenvalue weighted by molar-refractivity contribution is -0.116. The number of anilines is 1. The minimum Gasteiger partial charge on any atom is -0.408 e. The lowest BCUT2D eigenvalue weighted by Crippen LogP contribution is -2.27. The zero-order chi connectivity index (χ0) is 23.0. The number of fused-ring (bicyclic) bond motifs is 2. The van der Waals surface area contributed by atoms with Crippen molar-refractivity contribution in [1.82, 2.24) is 13.9 Å². The molecule has 33 heavy (non-hydrogen) atoms. The maximum absolute atomic E-state index is 12.8. The van der Waals surface area contributed by atoms with Crippen LogP contribution in [0.25, 0.3) is 21.3 Å². The summed E-state index contributed by atoms with van der Waals surface area (Å²) >= 11 is 1.24. The molecule has 2 aromatic heterocycles. The first-order valence-electron chi connectivity index (χ1n) is 10.7. The van der Waals surface area contributed by atoms with Gasteiger partial charge in [0.2, 0.25) is 15.9 Å². The number of rotatable bonds is 7. The highest BCUT2D eigenvalue weighted by molar-refractivity contribution is 7.89. The molecule has 0 atom stereocenters. The summed E-state index contributed by atoms with van der Waals surface area (Å²) in [6.07, 6.45) is 2.42. The number of sulfonamides is 1. The number of benzene rings is 2. The molecule has 4 aromatic rings. The second-order valence-electron chi connectivity index (χ2n) is 7.90. The molecule has 0 saturated carbocycles. The van der Waals surface area contributed by atoms with E-state index in [-0.39, 0.29) is 17.2 Å². The lowest BCUT2D eigenvalue weighted by atomic mass is 10.3. The predicted octanol–water partition coefficient (Wildman–Crippen LogP) is 3.41. The summed E-state index contributed by atoms with van der Waals surface area (Å²) in [5, 5.41) is 3.19. The number of hydrogen-bond donors (Lipinski definition) is 1. The Labute approximate surface area is 193 Å². The molecule has 1 N–H and O–H groups in total. The predicted molar refractivity (Wildman–Crippen MR) is 126 cm³/mol. The van der Waals surface area contributed by atoms with Crippen LogP contribution in [0.2, 0.25) is 0 Å². The molecule has 0 spiro atoms. The van der Waals surface area contributed by atoms with Gasteiger partial charge in [0.15, 0.2) is 10.7 Å². The van der Waals surface area contributed by atoms with Gasteiger partial charge in [0.25, 0.3) is 0 Å². The first kappa shape index (κ1) is 21.8. The number of nitrogens with one attached hydrogen (secondary N) is 1. The van der Waals surface area contributed by atoms with Crippen molar-refractivity contribution in [3.05, 3.63) is 53.0 Å². The van der Waals surface area contributed by atoms with Gasteiger partial charge in [0.05, 0.1) is 20.6 Å². The molecular weight excluding hydrogens is 464 g/mol. The van der Waals surface area contributed by atoms with Gasteiger partial charge in [-0.15, -0.1) is 0 Å². The van der Waals surface area contributed by atoms with Crippen molar-refractivity contribution in [2.75, 3.05) is 18.4 Å². The highest BCUT2D eigenvalue weighted by Gasteiger charge is 2.27. The average Bonchev–Trinajstić information content (AvgIpc) is 3.52. The maximum atomic E-state index is 12.8. The number of carbonyl (C=O) groups excluding carboxylic acids is 1. The Bertz CT molecular complexity index is 1500. The van der Waals surface area contributed by atoms with Crippen molar-refractivity contribution in [2.45, 2.75) is 37.1 Å². The molecular formula is C22H22N4O5S2. The summed E-state index contributed by atoms with van der Waals surface area (Å²) in [4.78, 5) is 29.1. The number of nitrogens with zero attached hydrogens (tertiary/aromatic N) is 3. The van der Waals surface area contributed by atoms with Crippen molar-refractivity contribution in [2.24, 2.45) is 0 Å². The Morgan fingerprint density at radius 3 is 2.76 bits per heavy atom. The van der Waals surface area contributed by atoms with E-state index < -0.39 is 15.8 Å². The van der Waals surface area contributed by atoms with Crippen LogP contribution in [-0.2, 0) is 21.4 Å². The van der Waals surface area contributed by atoms with Gasteiger partial charge < -0.3 is 9.73 Å². The van der Waals surface area contributed by atoms with Crippen molar-refractivity contribution in [3.8, 4) is 0 Å². The molecule has 1 fully saturated rings. The van der Waals surface area contributed by atoms with Gasteiger partial charge in [0.1, 0.15) is 0 Å². The van der Waals surface area contributed by atoms with E-state index in [1.165, 1.54) is 20.2 Å². The Morgan fingerprint density at radius 1 is 1.15 bits per heavy atom. The van der Waals surface area contributed by atoms with E-state index in [1.807, 2.05) is 6.07 Å². The molecule has 9 nitrogen and oxygen atoms in total. The van der Waals surface area contributed by atoms with E-state index in [0.29, 0.717) is 52.5 Å². The number of oxazole rings is 1. The lowest BCUT2D eigenvalue weighted by Gasteiger charge is -2.15. The highest BCUT2D eigenvalue weighted by Crippen LogP contribution is 2.30. The second-order valence-corrected chi connectivity index (χ2v) is 10.9. The van der Waals surface area contributed by atoms with E-state index in [1.54, 1.807) is 36.4 Å². The fraction of sp³-hybridized carbons (Fsp3) is 0.318. The summed E-state index contributed by atoms with van der Waals surface area (Å²) in [5.41, 5.74) is 1.86. The minimum absolute atomic E-state index is 0.205. The number of hydrogen-bond acceptors (Lipinski definition) is 7. The number of thiazole rings is 1. The Balaban J connectivity index is 1.24. The van der Waals surface area contributed by atoms with E-state index in [4.69, 9.17) is 4.42 Å². The highest BCUT2D eigenvalue weighted by atomic mass is 32.2. The SMILES string of the molecule is O=C(CCCn1c(=O)oc2ccccc21)Nc1nc2ccc(S(=O)(=O)N3CCCC3)cc2s1. The maximum Gasteiger partial charge on any atom is 0.419 e. The number of amides is 1. The normalized spacial score (nSPS) is 14.9. The fourth-order valence-corrected chi connectivity index (χ4v) is 6.54. The summed E-state index contributed by atoms with van der Waals surface area (Å²) in [7, 11) is -3.51. The monoisotopic (exact) mass is 486 g/mol. The van der Waals surface area contributed by atoms with Crippen LogP contribution in [0.1, 0.15) is 25.7 Å². The van der Waals surface area contributed by atoms with Gasteiger partial charge in [-0.25, -0.2) is 18.2 Å². The van der Waals surface area contributed by atoms with Crippen molar-refractivity contribution < 1.29 is 17.6 Å². The van der Waals surface area contributed by atoms with Gasteiger partial charge >= 0.3 is 5.76 Å². The number of para-hydroxylation sites is 2. The zero-order valence-corrected chi connectivity index (χ0v) is 19.3. The quantitative estimate of drug-likeness (QED) is 0.428. The molecule has 11 heteroatoms. The third kappa shape index (κ3) is 4.31. The third-order valence-corrected chi connectivity index (χ3v) is 8.50. The summed E-state index contributed by atoms with van der Waals surface area (Å²) in [5.74, 6) is -0.665. The van der Waals surface area contributed by atoms with Crippen LogP contribution in [0.4, 0.5) is 5.13 Å². The van der Waals surface area contributed by atoms with Gasteiger partial charge in [-0.2, -0.15) is 4.31 Å². The summed E-state index contributed by atoms with van der Waals surface area (Å²) in [6, 6.07) is 12.0. The van der Waals surface area contributed by atoms with Gasteiger partial charge in [-0.3, -0.25) is 9.36 Å². The van der Waals surface area contributed by atoms with Crippen LogP contribution in [0.15, 0.2) is 56.6 Å². The molecule has 1 saturated heterocycles. The smallest absolute Gasteiger partial charge is 0.408 e. The second kappa shape index (κ2) is 8.73. The Morgan fingerprint density at radius 2 is 1.94 bits per heavy atom. The minimum atomic E-state index is -3.51.